The molecule has 1 unspecified atom stereocenters. The lowest BCUT2D eigenvalue weighted by atomic mass is 10.1. The van der Waals surface area contributed by atoms with Gasteiger partial charge in [-0.1, -0.05) is 42.5 Å². The molecule has 0 aliphatic heterocycles. The predicted molar refractivity (Wildman–Crippen MR) is 82.0 cm³/mol. The molecule has 0 radical (unpaired) electrons. The molecule has 0 saturated heterocycles. The van der Waals surface area contributed by atoms with Crippen molar-refractivity contribution < 1.29 is 9.90 Å². The Hall–Kier alpha value is -2.59. The van der Waals surface area contributed by atoms with Gasteiger partial charge in [-0.15, -0.1) is 0 Å². The van der Waals surface area contributed by atoms with Crippen LogP contribution in [0.4, 0.5) is 0 Å². The van der Waals surface area contributed by atoms with Crippen LogP contribution in [0.5, 0.6) is 0 Å². The Balaban J connectivity index is 1.76. The highest BCUT2D eigenvalue weighted by Gasteiger charge is 2.18. The fourth-order valence-corrected chi connectivity index (χ4v) is 2.42. The first-order valence-corrected chi connectivity index (χ1v) is 6.81. The topological polar surface area (TPSA) is 65.1 Å². The van der Waals surface area contributed by atoms with E-state index in [-0.39, 0.29) is 0 Å². The lowest BCUT2D eigenvalue weighted by molar-refractivity contribution is -0.139. The molecule has 3 rings (SSSR count). The summed E-state index contributed by atoms with van der Waals surface area (Å²) in [7, 11) is 0. The van der Waals surface area contributed by atoms with Crippen molar-refractivity contribution in [2.45, 2.75) is 12.6 Å². The summed E-state index contributed by atoms with van der Waals surface area (Å²) in [4.78, 5) is 14.6. The molecule has 0 amide bonds. The van der Waals surface area contributed by atoms with Gasteiger partial charge in [-0.05, 0) is 28.6 Å². The number of aromatic amines is 1. The minimum absolute atomic E-state index is 0.501. The summed E-state index contributed by atoms with van der Waals surface area (Å²) in [5.74, 6) is -0.873. The van der Waals surface area contributed by atoms with Crippen LogP contribution >= 0.6 is 0 Å². The highest BCUT2D eigenvalue weighted by molar-refractivity contribution is 5.80. The molecule has 106 valence electrons. The Bertz CT molecular complexity index is 750. The molecule has 2 aromatic carbocycles. The van der Waals surface area contributed by atoms with Gasteiger partial charge in [0, 0.05) is 18.3 Å². The van der Waals surface area contributed by atoms with Crippen LogP contribution in [0.15, 0.2) is 60.8 Å². The number of aliphatic carboxylic acids is 1. The van der Waals surface area contributed by atoms with Crippen molar-refractivity contribution in [3.63, 3.8) is 0 Å². The monoisotopic (exact) mass is 280 g/mol. The lowest BCUT2D eigenvalue weighted by Crippen LogP contribution is -2.28. The summed E-state index contributed by atoms with van der Waals surface area (Å²) in [6, 6.07) is 16.6. The third-order valence-electron chi connectivity index (χ3n) is 3.51. The number of rotatable bonds is 5. The van der Waals surface area contributed by atoms with Crippen molar-refractivity contribution in [2.24, 2.45) is 0 Å². The number of benzene rings is 2. The minimum atomic E-state index is -0.873. The molecule has 21 heavy (non-hydrogen) atoms. The zero-order valence-corrected chi connectivity index (χ0v) is 11.4. The first-order valence-electron chi connectivity index (χ1n) is 6.81. The van der Waals surface area contributed by atoms with Gasteiger partial charge in [0.1, 0.15) is 6.04 Å². The number of carbonyl (C=O) groups is 1. The lowest BCUT2D eigenvalue weighted by Gasteiger charge is -2.15. The van der Waals surface area contributed by atoms with E-state index in [1.54, 1.807) is 0 Å². The maximum absolute atomic E-state index is 11.4. The van der Waals surface area contributed by atoms with E-state index in [0.29, 0.717) is 6.54 Å². The summed E-state index contributed by atoms with van der Waals surface area (Å²) < 4.78 is 0. The summed E-state index contributed by atoms with van der Waals surface area (Å²) in [6.07, 6.45) is 1.89. The van der Waals surface area contributed by atoms with Gasteiger partial charge in [-0.2, -0.15) is 0 Å². The molecular weight excluding hydrogens is 264 g/mol. The fourth-order valence-electron chi connectivity index (χ4n) is 2.42. The average Bonchev–Trinajstić information content (AvgIpc) is 2.96. The first kappa shape index (κ1) is 13.4. The molecule has 0 aliphatic rings. The van der Waals surface area contributed by atoms with Crippen molar-refractivity contribution in [2.75, 3.05) is 0 Å². The van der Waals surface area contributed by atoms with Crippen molar-refractivity contribution in [3.8, 4) is 0 Å². The number of nitrogens with one attached hydrogen (secondary N) is 2. The molecule has 0 saturated carbocycles. The van der Waals surface area contributed by atoms with Crippen LogP contribution in [0.2, 0.25) is 0 Å². The fraction of sp³-hybridized carbons (Fsp3) is 0.118. The molecule has 0 bridgehead atoms. The van der Waals surface area contributed by atoms with E-state index >= 15 is 0 Å². The van der Waals surface area contributed by atoms with E-state index < -0.39 is 12.0 Å². The largest absolute Gasteiger partial charge is 0.480 e. The van der Waals surface area contributed by atoms with Crippen molar-refractivity contribution in [3.05, 3.63) is 71.9 Å². The standard InChI is InChI=1S/C17H16N2O2/c20-17(21)16(14-4-2-1-3-5-14)19-11-12-6-7-13-8-9-18-15(13)10-12/h1-10,16,18-19H,11H2,(H,20,21). The van der Waals surface area contributed by atoms with Crippen LogP contribution < -0.4 is 5.32 Å². The zero-order chi connectivity index (χ0) is 14.7. The van der Waals surface area contributed by atoms with Crippen LogP contribution in [-0.2, 0) is 11.3 Å². The normalized spacial score (nSPS) is 12.4. The number of H-pyrrole nitrogens is 1. The van der Waals surface area contributed by atoms with E-state index in [1.165, 1.54) is 0 Å². The summed E-state index contributed by atoms with van der Waals surface area (Å²) in [5, 5.41) is 13.6. The van der Waals surface area contributed by atoms with E-state index in [2.05, 4.69) is 10.3 Å². The van der Waals surface area contributed by atoms with Gasteiger partial charge in [-0.25, -0.2) is 0 Å². The smallest absolute Gasteiger partial charge is 0.325 e. The van der Waals surface area contributed by atoms with Gasteiger partial charge in [0.05, 0.1) is 0 Å². The van der Waals surface area contributed by atoms with Gasteiger partial charge >= 0.3 is 5.97 Å². The van der Waals surface area contributed by atoms with Crippen LogP contribution in [0, 0.1) is 0 Å². The minimum Gasteiger partial charge on any atom is -0.480 e. The zero-order valence-electron chi connectivity index (χ0n) is 11.4. The SMILES string of the molecule is O=C(O)C(NCc1ccc2cc[nH]c2c1)c1ccccc1. The summed E-state index contributed by atoms with van der Waals surface area (Å²) in [6.45, 7) is 0.501. The highest BCUT2D eigenvalue weighted by Crippen LogP contribution is 2.17. The number of fused-ring (bicyclic) bond motifs is 1. The molecule has 0 fully saturated rings. The van der Waals surface area contributed by atoms with Crippen LogP contribution in [0.25, 0.3) is 10.9 Å². The maximum atomic E-state index is 11.4. The predicted octanol–water partition coefficient (Wildman–Crippen LogP) is 3.08. The highest BCUT2D eigenvalue weighted by atomic mass is 16.4. The molecule has 3 N–H and O–H groups in total. The molecule has 1 atom stereocenters. The number of carboxylic acid groups (broad SMARTS) is 1. The molecule has 4 nitrogen and oxygen atoms in total. The molecular formula is C17H16N2O2. The Morgan fingerprint density at radius 2 is 1.95 bits per heavy atom. The second kappa shape index (κ2) is 5.81. The van der Waals surface area contributed by atoms with Gasteiger partial charge in [0.15, 0.2) is 0 Å². The molecule has 1 aromatic heterocycles. The Kier molecular flexibility index (Phi) is 3.71. The van der Waals surface area contributed by atoms with Gasteiger partial charge in [-0.3, -0.25) is 10.1 Å². The second-order valence-corrected chi connectivity index (χ2v) is 4.96. The molecule has 0 aliphatic carbocycles. The Morgan fingerprint density at radius 3 is 2.71 bits per heavy atom. The van der Waals surface area contributed by atoms with Gasteiger partial charge < -0.3 is 10.1 Å². The summed E-state index contributed by atoms with van der Waals surface area (Å²) >= 11 is 0. The molecule has 0 spiro atoms. The van der Waals surface area contributed by atoms with E-state index in [4.69, 9.17) is 0 Å². The van der Waals surface area contributed by atoms with E-state index in [0.717, 1.165) is 22.0 Å². The van der Waals surface area contributed by atoms with Crippen LogP contribution in [0.1, 0.15) is 17.2 Å². The van der Waals surface area contributed by atoms with Crippen LogP contribution in [-0.4, -0.2) is 16.1 Å². The molecule has 4 heteroatoms. The summed E-state index contributed by atoms with van der Waals surface area (Å²) in [5.41, 5.74) is 2.86. The third-order valence-corrected chi connectivity index (χ3v) is 3.51. The maximum Gasteiger partial charge on any atom is 0.325 e. The number of aromatic nitrogens is 1. The first-order chi connectivity index (χ1) is 10.2. The number of hydrogen-bond acceptors (Lipinski definition) is 2. The van der Waals surface area contributed by atoms with Crippen LogP contribution in [0.3, 0.4) is 0 Å². The Morgan fingerprint density at radius 1 is 1.14 bits per heavy atom. The molecule has 1 heterocycles. The van der Waals surface area contributed by atoms with Crippen molar-refractivity contribution >= 4 is 16.9 Å². The third kappa shape index (κ3) is 2.95. The molecule has 3 aromatic rings. The number of carboxylic acids is 1. The average molecular weight is 280 g/mol. The van der Waals surface area contributed by atoms with E-state index in [9.17, 15) is 9.90 Å². The second-order valence-electron chi connectivity index (χ2n) is 4.96. The van der Waals surface area contributed by atoms with Crippen molar-refractivity contribution in [1.29, 1.82) is 0 Å². The van der Waals surface area contributed by atoms with E-state index in [1.807, 2.05) is 60.8 Å². The Labute approximate surface area is 122 Å². The van der Waals surface area contributed by atoms with Crippen molar-refractivity contribution in [1.82, 2.24) is 10.3 Å². The quantitative estimate of drug-likeness (QED) is 0.673. The number of hydrogen-bond donors (Lipinski definition) is 3. The van der Waals surface area contributed by atoms with Gasteiger partial charge in [0.25, 0.3) is 0 Å². The van der Waals surface area contributed by atoms with Gasteiger partial charge in [0.2, 0.25) is 0 Å².